The van der Waals surface area contributed by atoms with Crippen LogP contribution in [0.25, 0.3) is 0 Å². The van der Waals surface area contributed by atoms with Crippen LogP contribution in [0.4, 0.5) is 5.69 Å². The highest BCUT2D eigenvalue weighted by molar-refractivity contribution is 8.27. The van der Waals surface area contributed by atoms with Crippen molar-refractivity contribution in [3.05, 3.63) is 172 Å². The Balaban J connectivity index is 1.46. The summed E-state index contributed by atoms with van der Waals surface area (Å²) in [5.41, 5.74) is 9.05. The van der Waals surface area contributed by atoms with Crippen molar-refractivity contribution in [2.75, 3.05) is 5.01 Å². The number of thioether (sulfide) groups is 2. The Morgan fingerprint density at radius 3 is 1.72 bits per heavy atom. The highest BCUT2D eigenvalue weighted by Crippen LogP contribution is 2.71. The molecular formula is C38H32N2OS2. The summed E-state index contributed by atoms with van der Waals surface area (Å²) in [5.74, 6) is -0.0569. The minimum atomic E-state index is -0.704. The number of hydrogen-bond acceptors (Lipinski definition) is 5. The molecule has 43 heavy (non-hydrogen) atoms. The molecular weight excluding hydrogens is 565 g/mol. The number of aryl methyl sites for hydroxylation is 2. The van der Waals surface area contributed by atoms with Gasteiger partial charge in [0.1, 0.15) is 0 Å². The third-order valence-electron chi connectivity index (χ3n) is 8.41. The Hall–Kier alpha value is -4.06. The first-order valence-corrected chi connectivity index (χ1v) is 16.4. The van der Waals surface area contributed by atoms with E-state index in [0.29, 0.717) is 10.6 Å². The van der Waals surface area contributed by atoms with Crippen molar-refractivity contribution in [1.82, 2.24) is 0 Å². The molecule has 0 N–H and O–H groups in total. The van der Waals surface area contributed by atoms with Gasteiger partial charge in [-0.1, -0.05) is 159 Å². The Morgan fingerprint density at radius 2 is 1.16 bits per heavy atom. The van der Waals surface area contributed by atoms with Gasteiger partial charge in [0.2, 0.25) is 5.78 Å². The van der Waals surface area contributed by atoms with Crippen LogP contribution in [0.15, 0.2) is 139 Å². The first-order valence-electron chi connectivity index (χ1n) is 14.8. The topological polar surface area (TPSA) is 32.7 Å². The number of para-hydroxylation sites is 1. The molecule has 5 aromatic carbocycles. The van der Waals surface area contributed by atoms with Crippen LogP contribution in [-0.4, -0.2) is 10.8 Å². The van der Waals surface area contributed by atoms with Gasteiger partial charge in [-0.25, -0.2) is 5.01 Å². The second-order valence-electron chi connectivity index (χ2n) is 10.9. The SMILES string of the molecule is CCc1ccc(C2(c3ccc(CC)cc3)S[C@]3(SC(C(=O)c4ccccc4)=NN3c3ccccc3)c3ccccc32)cc1. The van der Waals surface area contributed by atoms with Crippen LogP contribution in [0, 0.1) is 0 Å². The number of nitrogens with zero attached hydrogens (tertiary/aromatic N) is 2. The van der Waals surface area contributed by atoms with Gasteiger partial charge in [-0.3, -0.25) is 4.79 Å². The van der Waals surface area contributed by atoms with E-state index in [4.69, 9.17) is 5.10 Å². The summed E-state index contributed by atoms with van der Waals surface area (Å²) in [7, 11) is 0. The number of carbonyl (C=O) groups excluding carboxylic acids is 1. The summed E-state index contributed by atoms with van der Waals surface area (Å²) in [5, 5.41) is 7.70. The van der Waals surface area contributed by atoms with Gasteiger partial charge in [0.25, 0.3) is 0 Å². The van der Waals surface area contributed by atoms with E-state index < -0.39 is 8.95 Å². The third kappa shape index (κ3) is 4.54. The van der Waals surface area contributed by atoms with Gasteiger partial charge >= 0.3 is 0 Å². The maximum atomic E-state index is 13.9. The Bertz CT molecular complexity index is 1750. The smallest absolute Gasteiger partial charge is 0.219 e. The second-order valence-corrected chi connectivity index (χ2v) is 13.7. The lowest BCUT2D eigenvalue weighted by molar-refractivity contribution is 0.106. The molecule has 2 heterocycles. The molecule has 0 radical (unpaired) electrons. The van der Waals surface area contributed by atoms with E-state index in [2.05, 4.69) is 104 Å². The highest BCUT2D eigenvalue weighted by atomic mass is 32.2. The first kappa shape index (κ1) is 27.8. The van der Waals surface area contributed by atoms with Crippen molar-refractivity contribution < 1.29 is 4.79 Å². The van der Waals surface area contributed by atoms with Gasteiger partial charge in [-0.05, 0) is 52.8 Å². The molecule has 0 aromatic heterocycles. The van der Waals surface area contributed by atoms with E-state index in [9.17, 15) is 4.79 Å². The monoisotopic (exact) mass is 596 g/mol. The van der Waals surface area contributed by atoms with Crippen molar-refractivity contribution in [1.29, 1.82) is 0 Å². The summed E-state index contributed by atoms with van der Waals surface area (Å²) >= 11 is 3.44. The van der Waals surface area contributed by atoms with Crippen LogP contribution in [0.3, 0.4) is 0 Å². The fraction of sp³-hybridized carbons (Fsp3) is 0.158. The van der Waals surface area contributed by atoms with Crippen molar-refractivity contribution in [3.63, 3.8) is 0 Å². The van der Waals surface area contributed by atoms with Crippen LogP contribution in [0.2, 0.25) is 0 Å². The molecule has 7 rings (SSSR count). The maximum Gasteiger partial charge on any atom is 0.219 e. The Morgan fingerprint density at radius 1 is 0.651 bits per heavy atom. The number of fused-ring (bicyclic) bond motifs is 2. The zero-order valence-corrected chi connectivity index (χ0v) is 25.9. The van der Waals surface area contributed by atoms with E-state index in [1.807, 2.05) is 60.3 Å². The fourth-order valence-corrected chi connectivity index (χ4v) is 9.74. The molecule has 0 saturated carbocycles. The van der Waals surface area contributed by atoms with Crippen LogP contribution in [-0.2, 0) is 21.8 Å². The van der Waals surface area contributed by atoms with Crippen LogP contribution >= 0.6 is 23.5 Å². The molecule has 1 spiro atoms. The quantitative estimate of drug-likeness (QED) is 0.175. The summed E-state index contributed by atoms with van der Waals surface area (Å²) in [4.78, 5) is 13.9. The number of carbonyl (C=O) groups is 1. The van der Waals surface area contributed by atoms with Gasteiger partial charge in [-0.2, -0.15) is 5.10 Å². The molecule has 2 aliphatic rings. The Labute approximate surface area is 262 Å². The number of benzene rings is 5. The van der Waals surface area contributed by atoms with Gasteiger partial charge in [0.05, 0.1) is 10.4 Å². The van der Waals surface area contributed by atoms with E-state index in [1.165, 1.54) is 27.8 Å². The molecule has 0 bridgehead atoms. The lowest BCUT2D eigenvalue weighted by atomic mass is 9.81. The average Bonchev–Trinajstić information content (AvgIpc) is 3.62. The van der Waals surface area contributed by atoms with E-state index in [0.717, 1.165) is 24.1 Å². The molecule has 5 heteroatoms. The summed E-state index contributed by atoms with van der Waals surface area (Å²) in [6.45, 7) is 4.39. The van der Waals surface area contributed by atoms with Crippen molar-refractivity contribution in [3.8, 4) is 0 Å². The zero-order chi connectivity index (χ0) is 29.4. The highest BCUT2D eigenvalue weighted by Gasteiger charge is 2.61. The van der Waals surface area contributed by atoms with Gasteiger partial charge in [0, 0.05) is 11.1 Å². The molecule has 0 aliphatic carbocycles. The number of hydrogen-bond donors (Lipinski definition) is 0. The predicted octanol–water partition coefficient (Wildman–Crippen LogP) is 9.41. The van der Waals surface area contributed by atoms with Crippen LogP contribution in [0.5, 0.6) is 0 Å². The number of ketones is 1. The predicted molar refractivity (Wildman–Crippen MR) is 182 cm³/mol. The van der Waals surface area contributed by atoms with Gasteiger partial charge in [0.15, 0.2) is 9.25 Å². The lowest BCUT2D eigenvalue weighted by Crippen LogP contribution is -2.34. The molecule has 0 saturated heterocycles. The molecule has 2 aliphatic heterocycles. The van der Waals surface area contributed by atoms with Gasteiger partial charge < -0.3 is 0 Å². The first-order chi connectivity index (χ1) is 21.1. The van der Waals surface area contributed by atoms with Crippen molar-refractivity contribution >= 4 is 40.0 Å². The van der Waals surface area contributed by atoms with E-state index >= 15 is 0 Å². The van der Waals surface area contributed by atoms with Crippen LogP contribution < -0.4 is 5.01 Å². The molecule has 212 valence electrons. The molecule has 3 nitrogen and oxygen atoms in total. The number of rotatable bonds is 7. The maximum absolute atomic E-state index is 13.9. The van der Waals surface area contributed by atoms with Crippen molar-refractivity contribution in [2.24, 2.45) is 5.10 Å². The largest absolute Gasteiger partial charge is 0.286 e. The standard InChI is InChI=1S/C38H32N2OS2/c1-3-27-19-23-30(24-20-27)37(31-25-21-28(4-2)22-26-31)33-17-11-12-18-34(33)38(43-37)40(32-15-9-6-10-16-32)39-36(42-38)35(41)29-13-7-5-8-14-29/h5-26H,3-4H2,1-2H3/t38-/m1/s1. The average molecular weight is 597 g/mol. The third-order valence-corrected chi connectivity index (χ3v) is 11.7. The van der Waals surface area contributed by atoms with Crippen molar-refractivity contribution in [2.45, 2.75) is 35.6 Å². The molecule has 5 aromatic rings. The molecule has 0 fully saturated rings. The summed E-state index contributed by atoms with van der Waals surface area (Å²) in [6.07, 6.45) is 1.98. The normalized spacial score (nSPS) is 18.5. The fourth-order valence-electron chi connectivity index (χ4n) is 6.12. The van der Waals surface area contributed by atoms with Crippen LogP contribution in [0.1, 0.15) is 57.6 Å². The second kappa shape index (κ2) is 11.2. The molecule has 1 atom stereocenters. The van der Waals surface area contributed by atoms with E-state index in [-0.39, 0.29) is 5.78 Å². The minimum Gasteiger partial charge on any atom is -0.286 e. The minimum absolute atomic E-state index is 0.0569. The summed E-state index contributed by atoms with van der Waals surface area (Å²) < 4.78 is -1.22. The molecule has 0 unspecified atom stereocenters. The summed E-state index contributed by atoms with van der Waals surface area (Å²) in [6, 6.07) is 46.6. The lowest BCUT2D eigenvalue weighted by Gasteiger charge is -2.37. The number of anilines is 1. The Kier molecular flexibility index (Phi) is 7.24. The number of Topliss-reactive ketones (excluding diaryl/α,β-unsaturated/α-hetero) is 1. The van der Waals surface area contributed by atoms with Gasteiger partial charge in [-0.15, -0.1) is 0 Å². The zero-order valence-electron chi connectivity index (χ0n) is 24.2. The van der Waals surface area contributed by atoms with E-state index in [1.54, 1.807) is 11.8 Å². The number of hydrazone groups is 1. The molecule has 0 amide bonds.